The maximum atomic E-state index is 15.0. The van der Waals surface area contributed by atoms with Gasteiger partial charge in [0, 0.05) is 34.8 Å². The second-order valence-corrected chi connectivity index (χ2v) is 9.94. The van der Waals surface area contributed by atoms with Crippen LogP contribution in [0.2, 0.25) is 0 Å². The van der Waals surface area contributed by atoms with Gasteiger partial charge in [0.05, 0.1) is 0 Å². The van der Waals surface area contributed by atoms with E-state index in [1.807, 2.05) is 0 Å². The lowest BCUT2D eigenvalue weighted by molar-refractivity contribution is 0.0604. The van der Waals surface area contributed by atoms with Crippen LogP contribution in [0.5, 0.6) is 0 Å². The van der Waals surface area contributed by atoms with E-state index in [0.717, 1.165) is 6.07 Å². The Morgan fingerprint density at radius 3 is 1.74 bits per heavy atom. The van der Waals surface area contributed by atoms with Gasteiger partial charge in [-0.1, -0.05) is 41.5 Å². The van der Waals surface area contributed by atoms with E-state index in [-0.39, 0.29) is 16.4 Å². The lowest BCUT2D eigenvalue weighted by Gasteiger charge is -2.52. The molecule has 3 heteroatoms. The molecule has 1 aliphatic rings. The van der Waals surface area contributed by atoms with Crippen molar-refractivity contribution < 1.29 is 8.78 Å². The molecule has 0 saturated heterocycles. The van der Waals surface area contributed by atoms with E-state index in [1.165, 1.54) is 6.07 Å². The molecule has 0 N–H and O–H groups in total. The van der Waals surface area contributed by atoms with Gasteiger partial charge in [0.2, 0.25) is 0 Å². The molecule has 0 spiro atoms. The zero-order chi connectivity index (χ0) is 18.0. The Labute approximate surface area is 140 Å². The van der Waals surface area contributed by atoms with Gasteiger partial charge in [0.25, 0.3) is 0 Å². The summed E-state index contributed by atoms with van der Waals surface area (Å²) >= 11 is 0. The van der Waals surface area contributed by atoms with E-state index < -0.39 is 17.0 Å². The molecule has 0 radical (unpaired) electrons. The molecule has 1 aliphatic heterocycles. The monoisotopic (exact) mass is 323 g/mol. The minimum absolute atomic E-state index is 0.168. The number of nitrogens with zero attached hydrogens (tertiary/aromatic N) is 1. The molecule has 1 aromatic rings. The number of hydrogen-bond donors (Lipinski definition) is 0. The molecule has 0 unspecified atom stereocenters. The molecular weight excluding hydrogens is 292 g/mol. The lowest BCUT2D eigenvalue weighted by Crippen LogP contribution is -2.55. The first kappa shape index (κ1) is 18.2. The maximum absolute atomic E-state index is 15.0. The fraction of sp³-hybridized carbons (Fsp3) is 0.700. The number of anilines is 1. The molecule has 1 heterocycles. The summed E-state index contributed by atoms with van der Waals surface area (Å²) in [6.07, 6.45) is 0. The van der Waals surface area contributed by atoms with E-state index in [4.69, 9.17) is 0 Å². The Bertz CT molecular complexity index is 598. The average molecular weight is 323 g/mol. The highest BCUT2D eigenvalue weighted by Gasteiger charge is 2.59. The molecule has 0 aromatic heterocycles. The van der Waals surface area contributed by atoms with Gasteiger partial charge in [-0.3, -0.25) is 0 Å². The number of halogens is 2. The molecule has 0 fully saturated rings. The Morgan fingerprint density at radius 1 is 0.870 bits per heavy atom. The van der Waals surface area contributed by atoms with Crippen LogP contribution in [0.25, 0.3) is 0 Å². The first-order valence-electron chi connectivity index (χ1n) is 8.40. The van der Waals surface area contributed by atoms with Crippen molar-refractivity contribution in [2.24, 2.45) is 10.8 Å². The normalized spacial score (nSPS) is 18.3. The van der Waals surface area contributed by atoms with Crippen LogP contribution in [0, 0.1) is 22.5 Å². The van der Waals surface area contributed by atoms with Crippen LogP contribution in [0.15, 0.2) is 12.1 Å². The van der Waals surface area contributed by atoms with Gasteiger partial charge in [-0.15, -0.1) is 0 Å². The van der Waals surface area contributed by atoms with Crippen molar-refractivity contribution in [1.29, 1.82) is 0 Å². The first-order chi connectivity index (χ1) is 10.1. The van der Waals surface area contributed by atoms with Gasteiger partial charge in [-0.25, -0.2) is 8.78 Å². The van der Waals surface area contributed by atoms with Crippen molar-refractivity contribution in [2.75, 3.05) is 11.4 Å². The molecule has 1 nitrogen and oxygen atoms in total. The number of hydrogen-bond acceptors (Lipinski definition) is 1. The first-order valence-corrected chi connectivity index (χ1v) is 8.40. The largest absolute Gasteiger partial charge is 0.365 e. The van der Waals surface area contributed by atoms with Crippen molar-refractivity contribution in [3.8, 4) is 0 Å². The molecule has 23 heavy (non-hydrogen) atoms. The van der Waals surface area contributed by atoms with Crippen molar-refractivity contribution in [1.82, 2.24) is 0 Å². The van der Waals surface area contributed by atoms with Crippen molar-refractivity contribution in [2.45, 2.75) is 73.3 Å². The Kier molecular flexibility index (Phi) is 3.91. The molecular formula is C20H31F2N. The molecule has 130 valence electrons. The van der Waals surface area contributed by atoms with Crippen molar-refractivity contribution in [3.05, 3.63) is 29.3 Å². The quantitative estimate of drug-likeness (QED) is 0.573. The van der Waals surface area contributed by atoms with Crippen LogP contribution in [-0.4, -0.2) is 12.1 Å². The van der Waals surface area contributed by atoms with E-state index in [2.05, 4.69) is 67.2 Å². The molecule has 0 amide bonds. The summed E-state index contributed by atoms with van der Waals surface area (Å²) < 4.78 is 29.0. The maximum Gasteiger partial charge on any atom is 0.132 e. The van der Waals surface area contributed by atoms with Crippen molar-refractivity contribution in [3.63, 3.8) is 0 Å². The van der Waals surface area contributed by atoms with Gasteiger partial charge < -0.3 is 4.90 Å². The predicted molar refractivity (Wildman–Crippen MR) is 94.0 cm³/mol. The molecule has 0 saturated carbocycles. The number of rotatable bonds is 0. The lowest BCUT2D eigenvalue weighted by atomic mass is 9.52. The van der Waals surface area contributed by atoms with E-state index in [9.17, 15) is 4.39 Å². The predicted octanol–water partition coefficient (Wildman–Crippen LogP) is 5.91. The zero-order valence-electron chi connectivity index (χ0n) is 16.1. The third-order valence-corrected chi connectivity index (χ3v) is 5.52. The topological polar surface area (TPSA) is 3.24 Å². The molecule has 0 bridgehead atoms. The highest BCUT2D eigenvalue weighted by atomic mass is 19.1. The summed E-state index contributed by atoms with van der Waals surface area (Å²) in [5.74, 6) is -0.925. The SMILES string of the molecule is CC(C)(C)N1CC(C(C)(C)C)(C(C)(C)C)c2c(F)cc(F)cc21. The standard InChI is InChI=1S/C20H31F2N/c1-17(2,3)20(18(4,5)6)12-23(19(7,8)9)15-11-13(21)10-14(22)16(15)20/h10-11H,12H2,1-9H3. The van der Waals surface area contributed by atoms with Crippen LogP contribution in [0.3, 0.4) is 0 Å². The van der Waals surface area contributed by atoms with Crippen LogP contribution in [0.4, 0.5) is 14.5 Å². The Balaban J connectivity index is 2.91. The summed E-state index contributed by atoms with van der Waals surface area (Å²) in [7, 11) is 0. The Hall–Kier alpha value is -1.12. The second-order valence-electron chi connectivity index (χ2n) is 9.94. The summed E-state index contributed by atoms with van der Waals surface area (Å²) in [5.41, 5.74) is 0.444. The summed E-state index contributed by atoms with van der Waals surface area (Å²) in [6.45, 7) is 20.0. The van der Waals surface area contributed by atoms with E-state index in [1.54, 1.807) is 0 Å². The molecule has 1 aromatic carbocycles. The van der Waals surface area contributed by atoms with Gasteiger partial charge in [0.15, 0.2) is 0 Å². The average Bonchev–Trinajstić information content (AvgIpc) is 2.63. The van der Waals surface area contributed by atoms with Gasteiger partial charge in [-0.05, 0) is 37.7 Å². The third-order valence-electron chi connectivity index (χ3n) is 5.52. The highest BCUT2D eigenvalue weighted by Crippen LogP contribution is 2.61. The molecule has 0 aliphatic carbocycles. The minimum Gasteiger partial charge on any atom is -0.365 e. The second kappa shape index (κ2) is 4.94. The fourth-order valence-corrected chi connectivity index (χ4v) is 4.54. The van der Waals surface area contributed by atoms with Gasteiger partial charge >= 0.3 is 0 Å². The van der Waals surface area contributed by atoms with E-state index >= 15 is 4.39 Å². The third kappa shape index (κ3) is 2.56. The van der Waals surface area contributed by atoms with E-state index in [0.29, 0.717) is 17.8 Å². The van der Waals surface area contributed by atoms with Gasteiger partial charge in [-0.2, -0.15) is 0 Å². The highest BCUT2D eigenvalue weighted by molar-refractivity contribution is 5.66. The smallest absolute Gasteiger partial charge is 0.132 e. The van der Waals surface area contributed by atoms with Crippen LogP contribution < -0.4 is 4.90 Å². The van der Waals surface area contributed by atoms with Gasteiger partial charge in [0.1, 0.15) is 11.6 Å². The fourth-order valence-electron chi connectivity index (χ4n) is 4.54. The minimum atomic E-state index is -0.505. The van der Waals surface area contributed by atoms with Crippen LogP contribution in [-0.2, 0) is 5.41 Å². The van der Waals surface area contributed by atoms with Crippen LogP contribution in [0.1, 0.15) is 67.9 Å². The number of fused-ring (bicyclic) bond motifs is 1. The molecule has 2 rings (SSSR count). The summed E-state index contributed by atoms with van der Waals surface area (Å²) in [6, 6.07) is 2.54. The summed E-state index contributed by atoms with van der Waals surface area (Å²) in [4.78, 5) is 2.17. The number of benzene rings is 1. The zero-order valence-corrected chi connectivity index (χ0v) is 16.1. The molecule has 0 atom stereocenters. The van der Waals surface area contributed by atoms with Crippen LogP contribution >= 0.6 is 0 Å². The Morgan fingerprint density at radius 2 is 1.35 bits per heavy atom. The summed E-state index contributed by atoms with van der Waals surface area (Å²) in [5, 5.41) is 0. The van der Waals surface area contributed by atoms with Crippen molar-refractivity contribution >= 4 is 5.69 Å².